The standard InChI is InChI=1S/C16H26N4OS2/c1-9(2)17-15-19-20-16(23-15)22-8-14(21)18-10(3)13-7-11-4-5-12(13)6-11/h9-13H,4-8H2,1-3H3,(H,17,19)(H,18,21)/t10-,11+,12+,13+/m1/s1. The van der Waals surface area contributed by atoms with Crippen molar-refractivity contribution in [1.29, 1.82) is 0 Å². The van der Waals surface area contributed by atoms with Crippen molar-refractivity contribution in [3.05, 3.63) is 0 Å². The lowest BCUT2D eigenvalue weighted by atomic mass is 9.84. The van der Waals surface area contributed by atoms with E-state index in [-0.39, 0.29) is 5.91 Å². The minimum absolute atomic E-state index is 0.110. The van der Waals surface area contributed by atoms with E-state index < -0.39 is 0 Å². The van der Waals surface area contributed by atoms with Gasteiger partial charge in [0.15, 0.2) is 4.34 Å². The lowest BCUT2D eigenvalue weighted by molar-refractivity contribution is -0.119. The molecule has 0 radical (unpaired) electrons. The molecule has 0 aromatic carbocycles. The van der Waals surface area contributed by atoms with Crippen LogP contribution in [0.2, 0.25) is 0 Å². The molecule has 23 heavy (non-hydrogen) atoms. The normalized spacial score (nSPS) is 27.4. The summed E-state index contributed by atoms with van der Waals surface area (Å²) >= 11 is 2.98. The molecule has 0 unspecified atom stereocenters. The topological polar surface area (TPSA) is 66.9 Å². The Morgan fingerprint density at radius 2 is 2.13 bits per heavy atom. The van der Waals surface area contributed by atoms with E-state index in [4.69, 9.17) is 0 Å². The summed E-state index contributed by atoms with van der Waals surface area (Å²) in [7, 11) is 0. The molecule has 2 fully saturated rings. The maximum atomic E-state index is 12.2. The van der Waals surface area contributed by atoms with Gasteiger partial charge in [-0.2, -0.15) is 0 Å². The summed E-state index contributed by atoms with van der Waals surface area (Å²) in [6.07, 6.45) is 5.46. The first-order valence-electron chi connectivity index (χ1n) is 8.53. The van der Waals surface area contributed by atoms with Gasteiger partial charge in [-0.1, -0.05) is 29.5 Å². The zero-order valence-electron chi connectivity index (χ0n) is 14.0. The monoisotopic (exact) mass is 354 g/mol. The highest BCUT2D eigenvalue weighted by molar-refractivity contribution is 8.01. The molecular formula is C16H26N4OS2. The van der Waals surface area contributed by atoms with Crippen LogP contribution < -0.4 is 10.6 Å². The zero-order chi connectivity index (χ0) is 16.4. The largest absolute Gasteiger partial charge is 0.358 e. The number of thioether (sulfide) groups is 1. The molecule has 2 bridgehead atoms. The molecule has 0 saturated heterocycles. The molecule has 1 amide bonds. The molecule has 4 atom stereocenters. The third-order valence-corrected chi connectivity index (χ3v) is 6.96. The number of nitrogens with one attached hydrogen (secondary N) is 2. The predicted octanol–water partition coefficient (Wildman–Crippen LogP) is 3.39. The van der Waals surface area contributed by atoms with Crippen LogP contribution in [0.4, 0.5) is 5.13 Å². The highest BCUT2D eigenvalue weighted by atomic mass is 32.2. The number of aromatic nitrogens is 2. The molecule has 3 rings (SSSR count). The predicted molar refractivity (Wildman–Crippen MR) is 95.9 cm³/mol. The molecule has 7 heteroatoms. The third-order valence-electron chi connectivity index (χ3n) is 4.97. The second-order valence-electron chi connectivity index (χ2n) is 7.16. The van der Waals surface area contributed by atoms with Crippen LogP contribution in [0.25, 0.3) is 0 Å². The Labute approximate surface area is 146 Å². The summed E-state index contributed by atoms with van der Waals surface area (Å²) in [6.45, 7) is 6.31. The minimum Gasteiger partial charge on any atom is -0.358 e. The Bertz CT molecular complexity index is 548. The zero-order valence-corrected chi connectivity index (χ0v) is 15.7. The lowest BCUT2D eigenvalue weighted by Gasteiger charge is -2.28. The number of carbonyl (C=O) groups excluding carboxylic acids is 1. The summed E-state index contributed by atoms with van der Waals surface area (Å²) in [6, 6.07) is 0.637. The molecule has 2 saturated carbocycles. The molecule has 5 nitrogen and oxygen atoms in total. The quantitative estimate of drug-likeness (QED) is 0.735. The fourth-order valence-corrected chi connectivity index (χ4v) is 5.72. The highest BCUT2D eigenvalue weighted by Crippen LogP contribution is 2.49. The SMILES string of the molecule is CC(C)Nc1nnc(SCC(=O)N[C@H](C)[C@@H]2C[C@H]3CC[C@H]2C3)s1. The number of fused-ring (bicyclic) bond motifs is 2. The van der Waals surface area contributed by atoms with Crippen molar-refractivity contribution >= 4 is 34.1 Å². The van der Waals surface area contributed by atoms with E-state index in [0.29, 0.717) is 23.8 Å². The number of amides is 1. The van der Waals surface area contributed by atoms with E-state index in [1.165, 1.54) is 48.8 Å². The fourth-order valence-electron chi connectivity index (χ4n) is 4.01. The van der Waals surface area contributed by atoms with Crippen LogP contribution in [0.3, 0.4) is 0 Å². The molecule has 1 heterocycles. The molecule has 1 aromatic heterocycles. The number of carbonyl (C=O) groups is 1. The lowest BCUT2D eigenvalue weighted by Crippen LogP contribution is -2.40. The Hall–Kier alpha value is -0.820. The molecule has 2 aliphatic carbocycles. The van der Waals surface area contributed by atoms with Crippen LogP contribution in [0.15, 0.2) is 4.34 Å². The molecule has 2 aliphatic rings. The van der Waals surface area contributed by atoms with Gasteiger partial charge in [-0.25, -0.2) is 0 Å². The molecule has 128 valence electrons. The Morgan fingerprint density at radius 3 is 2.78 bits per heavy atom. The first-order valence-corrected chi connectivity index (χ1v) is 10.3. The summed E-state index contributed by atoms with van der Waals surface area (Å²) < 4.78 is 0.843. The number of nitrogens with zero attached hydrogens (tertiary/aromatic N) is 2. The third kappa shape index (κ3) is 4.38. The van der Waals surface area contributed by atoms with Crippen molar-refractivity contribution in [2.45, 2.75) is 62.9 Å². The van der Waals surface area contributed by atoms with Crippen LogP contribution in [-0.2, 0) is 4.79 Å². The maximum Gasteiger partial charge on any atom is 0.230 e. The van der Waals surface area contributed by atoms with Crippen LogP contribution in [0.5, 0.6) is 0 Å². The van der Waals surface area contributed by atoms with E-state index in [9.17, 15) is 4.79 Å². The van der Waals surface area contributed by atoms with Crippen LogP contribution in [0.1, 0.15) is 46.5 Å². The second-order valence-corrected chi connectivity index (χ2v) is 9.36. The van der Waals surface area contributed by atoms with Crippen LogP contribution >= 0.6 is 23.1 Å². The van der Waals surface area contributed by atoms with Gasteiger partial charge < -0.3 is 10.6 Å². The molecule has 1 aromatic rings. The van der Waals surface area contributed by atoms with Gasteiger partial charge in [0.2, 0.25) is 11.0 Å². The summed E-state index contributed by atoms with van der Waals surface area (Å²) in [5.41, 5.74) is 0. The maximum absolute atomic E-state index is 12.2. The van der Waals surface area contributed by atoms with Crippen LogP contribution in [0, 0.1) is 17.8 Å². The van der Waals surface area contributed by atoms with Crippen molar-refractivity contribution in [2.24, 2.45) is 17.8 Å². The van der Waals surface area contributed by atoms with E-state index in [2.05, 4.69) is 41.6 Å². The molecule has 0 spiro atoms. The molecule has 2 N–H and O–H groups in total. The smallest absolute Gasteiger partial charge is 0.230 e. The molecular weight excluding hydrogens is 328 g/mol. The van der Waals surface area contributed by atoms with Crippen LogP contribution in [-0.4, -0.2) is 33.9 Å². The number of rotatable bonds is 7. The second kappa shape index (κ2) is 7.38. The Balaban J connectivity index is 1.41. The van der Waals surface area contributed by atoms with Crippen molar-refractivity contribution in [3.8, 4) is 0 Å². The van der Waals surface area contributed by atoms with Gasteiger partial charge in [-0.15, -0.1) is 10.2 Å². The van der Waals surface area contributed by atoms with Crippen molar-refractivity contribution in [1.82, 2.24) is 15.5 Å². The van der Waals surface area contributed by atoms with Crippen molar-refractivity contribution in [2.75, 3.05) is 11.1 Å². The summed E-state index contributed by atoms with van der Waals surface area (Å²) in [5.74, 6) is 2.98. The van der Waals surface area contributed by atoms with E-state index in [0.717, 1.165) is 21.3 Å². The average molecular weight is 355 g/mol. The van der Waals surface area contributed by atoms with Gasteiger partial charge in [0, 0.05) is 12.1 Å². The first kappa shape index (κ1) is 17.0. The number of hydrogen-bond acceptors (Lipinski definition) is 6. The van der Waals surface area contributed by atoms with Gasteiger partial charge in [-0.3, -0.25) is 4.79 Å². The van der Waals surface area contributed by atoms with E-state index in [1.54, 1.807) is 0 Å². The van der Waals surface area contributed by atoms with Crippen molar-refractivity contribution < 1.29 is 4.79 Å². The van der Waals surface area contributed by atoms with E-state index >= 15 is 0 Å². The fraction of sp³-hybridized carbons (Fsp3) is 0.812. The van der Waals surface area contributed by atoms with Gasteiger partial charge >= 0.3 is 0 Å². The average Bonchev–Trinajstić information content (AvgIpc) is 3.20. The van der Waals surface area contributed by atoms with Gasteiger partial charge in [0.25, 0.3) is 0 Å². The Kier molecular flexibility index (Phi) is 5.46. The number of hydrogen-bond donors (Lipinski definition) is 2. The first-order chi connectivity index (χ1) is 11.0. The number of anilines is 1. The summed E-state index contributed by atoms with van der Waals surface area (Å²) in [5, 5.41) is 15.5. The Morgan fingerprint density at radius 1 is 1.30 bits per heavy atom. The van der Waals surface area contributed by atoms with Gasteiger partial charge in [0.05, 0.1) is 5.75 Å². The van der Waals surface area contributed by atoms with Gasteiger partial charge in [0.1, 0.15) is 0 Å². The minimum atomic E-state index is 0.110. The van der Waals surface area contributed by atoms with Crippen molar-refractivity contribution in [3.63, 3.8) is 0 Å². The van der Waals surface area contributed by atoms with E-state index in [1.807, 2.05) is 0 Å². The van der Waals surface area contributed by atoms with Gasteiger partial charge in [-0.05, 0) is 57.8 Å². The summed E-state index contributed by atoms with van der Waals surface area (Å²) in [4.78, 5) is 12.2. The highest BCUT2D eigenvalue weighted by Gasteiger charge is 2.42. The molecule has 0 aliphatic heterocycles.